The highest BCUT2D eigenvalue weighted by Crippen LogP contribution is 2.21. The van der Waals surface area contributed by atoms with Gasteiger partial charge >= 0.3 is 5.97 Å². The molecule has 1 N–H and O–H groups in total. The van der Waals surface area contributed by atoms with Gasteiger partial charge in [0.15, 0.2) is 0 Å². The highest BCUT2D eigenvalue weighted by Gasteiger charge is 2.21. The zero-order valence-corrected chi connectivity index (χ0v) is 12.5. The van der Waals surface area contributed by atoms with E-state index in [1.807, 2.05) is 18.0 Å². The van der Waals surface area contributed by atoms with Crippen LogP contribution in [0.15, 0.2) is 24.3 Å². The molecule has 21 heavy (non-hydrogen) atoms. The van der Waals surface area contributed by atoms with Gasteiger partial charge < -0.3 is 10.0 Å². The third-order valence-electron chi connectivity index (χ3n) is 4.30. The molecule has 0 saturated heterocycles. The fourth-order valence-electron chi connectivity index (χ4n) is 2.96. The Kier molecular flexibility index (Phi) is 5.37. The van der Waals surface area contributed by atoms with E-state index >= 15 is 0 Å². The fraction of sp³-hybridized carbons (Fsp3) is 0.529. The zero-order chi connectivity index (χ0) is 15.2. The Hall–Kier alpha value is -1.84. The maximum absolute atomic E-state index is 12.4. The standard InChI is InChI=1S/C17H23NO3/c1-18(15-9-4-2-3-5-10-15)16(19)12-13-7-6-8-14(11-13)17(20)21/h6-8,11,15H,2-5,9-10,12H2,1H3,(H,20,21). The zero-order valence-electron chi connectivity index (χ0n) is 12.5. The molecule has 1 amide bonds. The van der Waals surface area contributed by atoms with Crippen LogP contribution in [0.5, 0.6) is 0 Å². The van der Waals surface area contributed by atoms with Crippen LogP contribution in [-0.2, 0) is 11.2 Å². The first-order chi connectivity index (χ1) is 10.1. The molecule has 1 fully saturated rings. The van der Waals surface area contributed by atoms with Crippen molar-refractivity contribution in [1.29, 1.82) is 0 Å². The molecule has 0 bridgehead atoms. The van der Waals surface area contributed by atoms with Gasteiger partial charge in [-0.05, 0) is 30.5 Å². The minimum absolute atomic E-state index is 0.0736. The molecule has 1 aromatic rings. The predicted molar refractivity (Wildman–Crippen MR) is 81.4 cm³/mol. The van der Waals surface area contributed by atoms with Crippen LogP contribution in [0.1, 0.15) is 54.4 Å². The normalized spacial score (nSPS) is 16.2. The van der Waals surface area contributed by atoms with Crippen molar-refractivity contribution >= 4 is 11.9 Å². The number of benzene rings is 1. The van der Waals surface area contributed by atoms with Gasteiger partial charge in [0.1, 0.15) is 0 Å². The van der Waals surface area contributed by atoms with Crippen molar-refractivity contribution < 1.29 is 14.7 Å². The molecular formula is C17H23NO3. The molecule has 1 aliphatic carbocycles. The Balaban J connectivity index is 1.99. The SMILES string of the molecule is CN(C(=O)Cc1cccc(C(=O)O)c1)C1CCCCCC1. The molecule has 0 spiro atoms. The van der Waals surface area contributed by atoms with Crippen molar-refractivity contribution in [3.05, 3.63) is 35.4 Å². The largest absolute Gasteiger partial charge is 0.478 e. The summed E-state index contributed by atoms with van der Waals surface area (Å²) in [7, 11) is 1.87. The number of aromatic carboxylic acids is 1. The van der Waals surface area contributed by atoms with E-state index in [2.05, 4.69) is 0 Å². The van der Waals surface area contributed by atoms with Gasteiger partial charge in [0.05, 0.1) is 12.0 Å². The molecular weight excluding hydrogens is 266 g/mol. The van der Waals surface area contributed by atoms with E-state index in [0.29, 0.717) is 6.04 Å². The molecule has 0 heterocycles. The lowest BCUT2D eigenvalue weighted by Crippen LogP contribution is -2.37. The summed E-state index contributed by atoms with van der Waals surface area (Å²) in [6.07, 6.45) is 7.34. The van der Waals surface area contributed by atoms with Crippen LogP contribution in [0.4, 0.5) is 0 Å². The molecule has 0 atom stereocenters. The molecule has 0 radical (unpaired) electrons. The monoisotopic (exact) mass is 289 g/mol. The van der Waals surface area contributed by atoms with Gasteiger partial charge in [-0.2, -0.15) is 0 Å². The number of rotatable bonds is 4. The summed E-state index contributed by atoms with van der Waals surface area (Å²) in [6.45, 7) is 0. The maximum atomic E-state index is 12.4. The summed E-state index contributed by atoms with van der Waals surface area (Å²) in [5, 5.41) is 8.99. The number of carbonyl (C=O) groups excluding carboxylic acids is 1. The van der Waals surface area contributed by atoms with Crippen molar-refractivity contribution in [3.63, 3.8) is 0 Å². The maximum Gasteiger partial charge on any atom is 0.335 e. The minimum atomic E-state index is -0.957. The van der Waals surface area contributed by atoms with Crippen LogP contribution >= 0.6 is 0 Å². The Labute approximate surface area is 125 Å². The van der Waals surface area contributed by atoms with Crippen LogP contribution in [0.25, 0.3) is 0 Å². The van der Waals surface area contributed by atoms with E-state index in [1.54, 1.807) is 18.2 Å². The lowest BCUT2D eigenvalue weighted by atomic mass is 10.0. The van der Waals surface area contributed by atoms with Crippen LogP contribution in [0.2, 0.25) is 0 Å². The van der Waals surface area contributed by atoms with Crippen molar-refractivity contribution in [1.82, 2.24) is 4.90 Å². The van der Waals surface area contributed by atoms with Gasteiger partial charge in [-0.3, -0.25) is 4.79 Å². The lowest BCUT2D eigenvalue weighted by molar-refractivity contribution is -0.131. The fourth-order valence-corrected chi connectivity index (χ4v) is 2.96. The lowest BCUT2D eigenvalue weighted by Gasteiger charge is -2.27. The van der Waals surface area contributed by atoms with Gasteiger partial charge in [0, 0.05) is 13.1 Å². The van der Waals surface area contributed by atoms with Crippen LogP contribution in [0.3, 0.4) is 0 Å². The summed E-state index contributed by atoms with van der Waals surface area (Å²) in [5.41, 5.74) is 0.998. The van der Waals surface area contributed by atoms with E-state index in [0.717, 1.165) is 18.4 Å². The second-order valence-corrected chi connectivity index (χ2v) is 5.83. The van der Waals surface area contributed by atoms with E-state index in [-0.39, 0.29) is 17.9 Å². The minimum Gasteiger partial charge on any atom is -0.478 e. The van der Waals surface area contributed by atoms with Crippen molar-refractivity contribution in [2.45, 2.75) is 51.0 Å². The number of hydrogen-bond acceptors (Lipinski definition) is 2. The Morgan fingerprint density at radius 3 is 2.48 bits per heavy atom. The second kappa shape index (κ2) is 7.25. The highest BCUT2D eigenvalue weighted by molar-refractivity contribution is 5.88. The molecule has 1 saturated carbocycles. The van der Waals surface area contributed by atoms with E-state index in [9.17, 15) is 9.59 Å². The number of likely N-dealkylation sites (N-methyl/N-ethyl adjacent to an activating group) is 1. The van der Waals surface area contributed by atoms with Gasteiger partial charge in [0.25, 0.3) is 0 Å². The summed E-state index contributed by atoms with van der Waals surface area (Å²) >= 11 is 0. The number of nitrogens with zero attached hydrogens (tertiary/aromatic N) is 1. The molecule has 1 aromatic carbocycles. The number of hydrogen-bond donors (Lipinski definition) is 1. The number of carboxylic acids is 1. The predicted octanol–water partition coefficient (Wildman–Crippen LogP) is 3.11. The molecule has 4 heteroatoms. The third kappa shape index (κ3) is 4.31. The summed E-state index contributed by atoms with van der Waals surface area (Å²) in [5.74, 6) is -0.883. The third-order valence-corrected chi connectivity index (χ3v) is 4.30. The average Bonchev–Trinajstić information content (AvgIpc) is 2.75. The molecule has 0 unspecified atom stereocenters. The number of carbonyl (C=O) groups is 2. The first-order valence-corrected chi connectivity index (χ1v) is 7.66. The summed E-state index contributed by atoms with van der Waals surface area (Å²) < 4.78 is 0. The highest BCUT2D eigenvalue weighted by atomic mass is 16.4. The van der Waals surface area contributed by atoms with Gasteiger partial charge in [-0.1, -0.05) is 37.8 Å². The van der Waals surface area contributed by atoms with Gasteiger partial charge in [-0.25, -0.2) is 4.79 Å². The Morgan fingerprint density at radius 2 is 1.86 bits per heavy atom. The summed E-state index contributed by atoms with van der Waals surface area (Å²) in [4.78, 5) is 25.2. The van der Waals surface area contributed by atoms with Gasteiger partial charge in [0.2, 0.25) is 5.91 Å². The van der Waals surface area contributed by atoms with Crippen LogP contribution < -0.4 is 0 Å². The van der Waals surface area contributed by atoms with E-state index in [4.69, 9.17) is 5.11 Å². The van der Waals surface area contributed by atoms with Crippen molar-refractivity contribution in [3.8, 4) is 0 Å². The smallest absolute Gasteiger partial charge is 0.335 e. The number of carboxylic acid groups (broad SMARTS) is 1. The van der Waals surface area contributed by atoms with Crippen LogP contribution in [-0.4, -0.2) is 35.0 Å². The summed E-state index contributed by atoms with van der Waals surface area (Å²) in [6, 6.07) is 6.97. The Bertz CT molecular complexity index is 505. The first-order valence-electron chi connectivity index (χ1n) is 7.66. The molecule has 114 valence electrons. The molecule has 4 nitrogen and oxygen atoms in total. The quantitative estimate of drug-likeness (QED) is 0.866. The average molecular weight is 289 g/mol. The Morgan fingerprint density at radius 1 is 1.19 bits per heavy atom. The van der Waals surface area contributed by atoms with E-state index in [1.165, 1.54) is 25.7 Å². The molecule has 0 aliphatic heterocycles. The van der Waals surface area contributed by atoms with Gasteiger partial charge in [-0.15, -0.1) is 0 Å². The van der Waals surface area contributed by atoms with E-state index < -0.39 is 5.97 Å². The van der Waals surface area contributed by atoms with Crippen molar-refractivity contribution in [2.75, 3.05) is 7.05 Å². The van der Waals surface area contributed by atoms with Crippen molar-refractivity contribution in [2.24, 2.45) is 0 Å². The second-order valence-electron chi connectivity index (χ2n) is 5.83. The molecule has 1 aliphatic rings. The topological polar surface area (TPSA) is 57.6 Å². The molecule has 0 aromatic heterocycles. The van der Waals surface area contributed by atoms with Crippen LogP contribution in [0, 0.1) is 0 Å². The first kappa shape index (κ1) is 15.5. The number of amides is 1. The molecule has 2 rings (SSSR count).